The lowest BCUT2D eigenvalue weighted by molar-refractivity contribution is -0.274. The highest BCUT2D eigenvalue weighted by Crippen LogP contribution is 2.29. The van der Waals surface area contributed by atoms with Crippen LogP contribution in [0.25, 0.3) is 0 Å². The Labute approximate surface area is 100 Å². The van der Waals surface area contributed by atoms with E-state index in [-0.39, 0.29) is 17.5 Å². The predicted molar refractivity (Wildman–Crippen MR) is 53.9 cm³/mol. The maximum Gasteiger partial charge on any atom is 0.573 e. The molecule has 0 amide bonds. The van der Waals surface area contributed by atoms with E-state index < -0.39 is 18.1 Å². The number of ether oxygens (including phenoxy) is 1. The van der Waals surface area contributed by atoms with Crippen molar-refractivity contribution in [1.82, 2.24) is 0 Å². The number of halogens is 3. The zero-order valence-corrected chi connectivity index (χ0v) is 9.21. The first-order chi connectivity index (χ1) is 8.23. The average Bonchev–Trinajstić information content (AvgIpc) is 2.19. The number of carboxylic acid groups (broad SMARTS) is 1. The molecule has 0 atom stereocenters. The number of rotatable bonds is 3. The topological polar surface area (TPSA) is 70.3 Å². The lowest BCUT2D eigenvalue weighted by atomic mass is 10.0. The number of alkyl halides is 3. The zero-order valence-electron chi connectivity index (χ0n) is 9.21. The van der Waals surface area contributed by atoms with Crippen molar-refractivity contribution in [2.75, 3.05) is 0 Å². The summed E-state index contributed by atoms with van der Waals surface area (Å²) in [7, 11) is 0. The van der Waals surface area contributed by atoms with Crippen LogP contribution in [0.5, 0.6) is 5.75 Å². The summed E-state index contributed by atoms with van der Waals surface area (Å²) in [6.45, 7) is 1.45. The number of hydrogen-bond donors (Lipinski definition) is 1. The van der Waals surface area contributed by atoms with Gasteiger partial charge in [0.1, 0.15) is 11.8 Å². The van der Waals surface area contributed by atoms with Crippen LogP contribution in [0.15, 0.2) is 12.1 Å². The van der Waals surface area contributed by atoms with E-state index in [1.807, 2.05) is 0 Å². The largest absolute Gasteiger partial charge is 0.573 e. The molecule has 7 heteroatoms. The SMILES string of the molecule is Cc1cc(OC(F)(F)F)c(C#N)cc1CC(=O)O. The number of nitrogens with zero attached hydrogens (tertiary/aromatic N) is 1. The second kappa shape index (κ2) is 4.96. The van der Waals surface area contributed by atoms with E-state index in [2.05, 4.69) is 4.74 Å². The van der Waals surface area contributed by atoms with E-state index in [1.54, 1.807) is 6.07 Å². The van der Waals surface area contributed by atoms with Crippen molar-refractivity contribution in [2.24, 2.45) is 0 Å². The number of nitriles is 1. The minimum absolute atomic E-state index is 0.272. The summed E-state index contributed by atoms with van der Waals surface area (Å²) in [5.41, 5.74) is 0.235. The molecule has 0 fully saturated rings. The third-order valence-electron chi connectivity index (χ3n) is 2.13. The highest BCUT2D eigenvalue weighted by molar-refractivity contribution is 5.71. The summed E-state index contributed by atoms with van der Waals surface area (Å²) in [6.07, 6.45) is -5.26. The van der Waals surface area contributed by atoms with Gasteiger partial charge in [0.25, 0.3) is 0 Å². The molecule has 18 heavy (non-hydrogen) atoms. The number of hydrogen-bond acceptors (Lipinski definition) is 3. The molecule has 0 saturated heterocycles. The number of aryl methyl sites for hydroxylation is 1. The molecule has 1 N–H and O–H groups in total. The molecule has 1 aromatic rings. The Kier molecular flexibility index (Phi) is 3.81. The molecule has 1 rings (SSSR count). The van der Waals surface area contributed by atoms with Crippen LogP contribution in [0.4, 0.5) is 13.2 Å². The van der Waals surface area contributed by atoms with E-state index in [9.17, 15) is 18.0 Å². The quantitative estimate of drug-likeness (QED) is 0.904. The Morgan fingerprint density at radius 2 is 2.11 bits per heavy atom. The van der Waals surface area contributed by atoms with Gasteiger partial charge in [0.05, 0.1) is 12.0 Å². The molecule has 4 nitrogen and oxygen atoms in total. The molecule has 0 aromatic heterocycles. The molecule has 0 aliphatic rings. The number of carboxylic acids is 1. The minimum Gasteiger partial charge on any atom is -0.481 e. The summed E-state index contributed by atoms with van der Waals surface area (Å²) in [5, 5.41) is 17.3. The second-order valence-electron chi connectivity index (χ2n) is 3.50. The van der Waals surface area contributed by atoms with Crippen molar-refractivity contribution in [2.45, 2.75) is 19.7 Å². The van der Waals surface area contributed by atoms with E-state index in [4.69, 9.17) is 10.4 Å². The van der Waals surface area contributed by atoms with Gasteiger partial charge in [-0.2, -0.15) is 5.26 Å². The smallest absolute Gasteiger partial charge is 0.481 e. The van der Waals surface area contributed by atoms with Crippen molar-refractivity contribution in [3.05, 3.63) is 28.8 Å². The second-order valence-corrected chi connectivity index (χ2v) is 3.50. The van der Waals surface area contributed by atoms with Crippen molar-refractivity contribution in [3.63, 3.8) is 0 Å². The van der Waals surface area contributed by atoms with Gasteiger partial charge in [-0.1, -0.05) is 0 Å². The molecular weight excluding hydrogens is 251 g/mol. The highest BCUT2D eigenvalue weighted by Gasteiger charge is 2.32. The van der Waals surface area contributed by atoms with Gasteiger partial charge in [-0.3, -0.25) is 4.79 Å². The Morgan fingerprint density at radius 1 is 1.50 bits per heavy atom. The maximum absolute atomic E-state index is 12.1. The number of benzene rings is 1. The van der Waals surface area contributed by atoms with Crippen molar-refractivity contribution < 1.29 is 27.8 Å². The van der Waals surface area contributed by atoms with Gasteiger partial charge in [0.2, 0.25) is 0 Å². The fraction of sp³-hybridized carbons (Fsp3) is 0.273. The van der Waals surface area contributed by atoms with Gasteiger partial charge < -0.3 is 9.84 Å². The molecule has 0 bridgehead atoms. The first-order valence-corrected chi connectivity index (χ1v) is 4.74. The van der Waals surface area contributed by atoms with E-state index in [0.29, 0.717) is 5.56 Å². The Balaban J connectivity index is 3.19. The monoisotopic (exact) mass is 259 g/mol. The molecule has 0 heterocycles. The van der Waals surface area contributed by atoms with Crippen molar-refractivity contribution in [1.29, 1.82) is 5.26 Å². The third-order valence-corrected chi connectivity index (χ3v) is 2.13. The summed E-state index contributed by atoms with van der Waals surface area (Å²) in [6, 6.07) is 3.63. The maximum atomic E-state index is 12.1. The van der Waals surface area contributed by atoms with E-state index >= 15 is 0 Å². The van der Waals surface area contributed by atoms with Crippen LogP contribution < -0.4 is 4.74 Å². The molecule has 0 radical (unpaired) electrons. The molecule has 0 spiro atoms. The van der Waals surface area contributed by atoms with Crippen LogP contribution in [-0.2, 0) is 11.2 Å². The summed E-state index contributed by atoms with van der Waals surface area (Å²) in [4.78, 5) is 10.5. The lowest BCUT2D eigenvalue weighted by Gasteiger charge is -2.12. The molecule has 0 unspecified atom stereocenters. The third kappa shape index (κ3) is 3.66. The number of carbonyl (C=O) groups is 1. The first-order valence-electron chi connectivity index (χ1n) is 4.74. The Hall–Kier alpha value is -2.23. The van der Waals surface area contributed by atoms with Gasteiger partial charge in [-0.25, -0.2) is 0 Å². The van der Waals surface area contributed by atoms with Crippen LogP contribution in [0.1, 0.15) is 16.7 Å². The van der Waals surface area contributed by atoms with Gasteiger partial charge in [0.15, 0.2) is 0 Å². The fourth-order valence-electron chi connectivity index (χ4n) is 1.38. The van der Waals surface area contributed by atoms with Crippen LogP contribution >= 0.6 is 0 Å². The van der Waals surface area contributed by atoms with Gasteiger partial charge in [0, 0.05) is 0 Å². The van der Waals surface area contributed by atoms with Crippen molar-refractivity contribution in [3.8, 4) is 11.8 Å². The Bertz CT molecular complexity index is 517. The van der Waals surface area contributed by atoms with E-state index in [1.165, 1.54) is 6.92 Å². The van der Waals surface area contributed by atoms with Crippen LogP contribution in [0.3, 0.4) is 0 Å². The zero-order chi connectivity index (χ0) is 13.9. The average molecular weight is 259 g/mol. The lowest BCUT2D eigenvalue weighted by Crippen LogP contribution is -2.18. The van der Waals surface area contributed by atoms with Gasteiger partial charge in [-0.15, -0.1) is 13.2 Å². The van der Waals surface area contributed by atoms with Crippen LogP contribution in [0.2, 0.25) is 0 Å². The highest BCUT2D eigenvalue weighted by atomic mass is 19.4. The predicted octanol–water partition coefficient (Wildman–Crippen LogP) is 2.39. The summed E-state index contributed by atoms with van der Waals surface area (Å²) < 4.78 is 39.9. The molecule has 0 aliphatic carbocycles. The summed E-state index contributed by atoms with van der Waals surface area (Å²) >= 11 is 0. The molecule has 0 saturated carbocycles. The van der Waals surface area contributed by atoms with E-state index in [0.717, 1.165) is 12.1 Å². The fourth-order valence-corrected chi connectivity index (χ4v) is 1.38. The van der Waals surface area contributed by atoms with Crippen LogP contribution in [-0.4, -0.2) is 17.4 Å². The standard InChI is InChI=1S/C11H8F3NO3/c1-6-2-9(18-11(12,13)14)8(5-15)3-7(6)4-10(16)17/h2-3H,4H2,1H3,(H,16,17). The van der Waals surface area contributed by atoms with Crippen LogP contribution in [0, 0.1) is 18.3 Å². The molecular formula is C11H8F3NO3. The van der Waals surface area contributed by atoms with Gasteiger partial charge in [-0.05, 0) is 30.2 Å². The molecule has 0 aliphatic heterocycles. The van der Waals surface area contributed by atoms with Gasteiger partial charge >= 0.3 is 12.3 Å². The number of aliphatic carboxylic acids is 1. The summed E-state index contributed by atoms with van der Waals surface area (Å²) in [5.74, 6) is -1.76. The minimum atomic E-state index is -4.90. The first kappa shape index (κ1) is 13.8. The Morgan fingerprint density at radius 3 is 2.56 bits per heavy atom. The molecule has 96 valence electrons. The normalized spacial score (nSPS) is 10.8. The van der Waals surface area contributed by atoms with Crippen molar-refractivity contribution >= 4 is 5.97 Å². The molecule has 1 aromatic carbocycles.